The van der Waals surface area contributed by atoms with E-state index in [1.807, 2.05) is 18.2 Å². The van der Waals surface area contributed by atoms with Gasteiger partial charge in [0.1, 0.15) is 5.75 Å². The van der Waals surface area contributed by atoms with Gasteiger partial charge in [0, 0.05) is 34.2 Å². The molecular formula is C15H25IN4O3. The fourth-order valence-electron chi connectivity index (χ4n) is 1.83. The van der Waals surface area contributed by atoms with Crippen molar-refractivity contribution in [3.05, 3.63) is 23.8 Å². The topological polar surface area (TPSA) is 84.0 Å². The van der Waals surface area contributed by atoms with E-state index >= 15 is 0 Å². The highest BCUT2D eigenvalue weighted by Gasteiger charge is 2.06. The second-order valence-electron chi connectivity index (χ2n) is 4.56. The van der Waals surface area contributed by atoms with Gasteiger partial charge >= 0.3 is 0 Å². The molecule has 0 heterocycles. The van der Waals surface area contributed by atoms with Gasteiger partial charge < -0.3 is 25.4 Å². The fourth-order valence-corrected chi connectivity index (χ4v) is 1.83. The standard InChI is InChI=1S/C15H24N4O3.HI/c1-11(20)19-13-9-12(5-6-14(13)22-4)10-18-15(16-2)17-7-8-21-3;/h5-6,9H,7-8,10H2,1-4H3,(H,19,20)(H2,16,17,18);1H. The van der Waals surface area contributed by atoms with E-state index in [4.69, 9.17) is 9.47 Å². The summed E-state index contributed by atoms with van der Waals surface area (Å²) in [5.74, 6) is 1.18. The summed E-state index contributed by atoms with van der Waals surface area (Å²) < 4.78 is 10.2. The van der Waals surface area contributed by atoms with E-state index in [2.05, 4.69) is 20.9 Å². The van der Waals surface area contributed by atoms with Gasteiger partial charge in [-0.3, -0.25) is 9.79 Å². The molecule has 0 bridgehead atoms. The summed E-state index contributed by atoms with van der Waals surface area (Å²) in [5, 5.41) is 9.08. The van der Waals surface area contributed by atoms with E-state index in [9.17, 15) is 4.79 Å². The lowest BCUT2D eigenvalue weighted by Crippen LogP contribution is -2.38. The first-order chi connectivity index (χ1) is 10.6. The number of anilines is 1. The molecule has 1 aromatic rings. The van der Waals surface area contributed by atoms with Crippen molar-refractivity contribution in [2.75, 3.05) is 39.7 Å². The summed E-state index contributed by atoms with van der Waals surface area (Å²) in [5.41, 5.74) is 1.65. The molecule has 1 amide bonds. The van der Waals surface area contributed by atoms with Gasteiger partial charge in [-0.1, -0.05) is 6.07 Å². The second-order valence-corrected chi connectivity index (χ2v) is 4.56. The number of amides is 1. The van der Waals surface area contributed by atoms with Crippen LogP contribution in [0.15, 0.2) is 23.2 Å². The molecule has 1 aromatic carbocycles. The number of nitrogens with zero attached hydrogens (tertiary/aromatic N) is 1. The number of aliphatic imine (C=N–C) groups is 1. The maximum Gasteiger partial charge on any atom is 0.221 e. The van der Waals surface area contributed by atoms with Crippen LogP contribution in [0.1, 0.15) is 12.5 Å². The molecule has 0 radical (unpaired) electrons. The number of ether oxygens (including phenoxy) is 2. The molecule has 8 heteroatoms. The van der Waals surface area contributed by atoms with E-state index in [0.717, 1.165) is 5.56 Å². The summed E-state index contributed by atoms with van der Waals surface area (Å²) in [4.78, 5) is 15.4. The summed E-state index contributed by atoms with van der Waals surface area (Å²) >= 11 is 0. The average molecular weight is 436 g/mol. The Balaban J connectivity index is 0.00000484. The summed E-state index contributed by atoms with van der Waals surface area (Å²) in [7, 11) is 4.93. The molecule has 0 aromatic heterocycles. The minimum absolute atomic E-state index is 0. The number of carbonyl (C=O) groups is 1. The molecule has 0 aliphatic rings. The molecule has 0 aliphatic heterocycles. The number of benzene rings is 1. The number of carbonyl (C=O) groups excluding carboxylic acids is 1. The Labute approximate surface area is 154 Å². The Morgan fingerprint density at radius 3 is 2.57 bits per heavy atom. The van der Waals surface area contributed by atoms with Crippen LogP contribution in [-0.2, 0) is 16.1 Å². The lowest BCUT2D eigenvalue weighted by molar-refractivity contribution is -0.114. The van der Waals surface area contributed by atoms with E-state index in [-0.39, 0.29) is 29.9 Å². The monoisotopic (exact) mass is 436 g/mol. The van der Waals surface area contributed by atoms with Crippen molar-refractivity contribution in [3.63, 3.8) is 0 Å². The predicted octanol–water partition coefficient (Wildman–Crippen LogP) is 1.58. The van der Waals surface area contributed by atoms with Crippen LogP contribution < -0.4 is 20.7 Å². The van der Waals surface area contributed by atoms with E-state index in [1.165, 1.54) is 6.92 Å². The summed E-state index contributed by atoms with van der Waals surface area (Å²) in [6.45, 7) is 3.32. The lowest BCUT2D eigenvalue weighted by atomic mass is 10.2. The zero-order chi connectivity index (χ0) is 16.4. The largest absolute Gasteiger partial charge is 0.495 e. The van der Waals surface area contributed by atoms with Gasteiger partial charge in [-0.15, -0.1) is 24.0 Å². The molecule has 0 saturated heterocycles. The Hall–Kier alpha value is -1.55. The molecule has 0 atom stereocenters. The highest BCUT2D eigenvalue weighted by Crippen LogP contribution is 2.25. The van der Waals surface area contributed by atoms with Crippen molar-refractivity contribution in [1.82, 2.24) is 10.6 Å². The Morgan fingerprint density at radius 1 is 1.26 bits per heavy atom. The number of methoxy groups -OCH3 is 2. The Morgan fingerprint density at radius 2 is 2.00 bits per heavy atom. The highest BCUT2D eigenvalue weighted by atomic mass is 127. The van der Waals surface area contributed by atoms with Crippen LogP contribution in [0.3, 0.4) is 0 Å². The normalized spacial score (nSPS) is 10.5. The van der Waals surface area contributed by atoms with E-state index < -0.39 is 0 Å². The fraction of sp³-hybridized carbons (Fsp3) is 0.467. The lowest BCUT2D eigenvalue weighted by Gasteiger charge is -2.14. The number of halogens is 1. The zero-order valence-electron chi connectivity index (χ0n) is 13.9. The van der Waals surface area contributed by atoms with Gasteiger partial charge in [0.2, 0.25) is 5.91 Å². The number of hydrogen-bond acceptors (Lipinski definition) is 4. The molecule has 23 heavy (non-hydrogen) atoms. The van der Waals surface area contributed by atoms with Crippen molar-refractivity contribution >= 4 is 41.5 Å². The quantitative estimate of drug-likeness (QED) is 0.262. The minimum Gasteiger partial charge on any atom is -0.495 e. The minimum atomic E-state index is -0.138. The van der Waals surface area contributed by atoms with Gasteiger partial charge in [0.15, 0.2) is 5.96 Å². The zero-order valence-corrected chi connectivity index (χ0v) is 16.3. The molecule has 130 valence electrons. The molecule has 1 rings (SSSR count). The van der Waals surface area contributed by atoms with Crippen LogP contribution in [0.25, 0.3) is 0 Å². The Kier molecular flexibility index (Phi) is 11.1. The Bertz CT molecular complexity index is 523. The maximum absolute atomic E-state index is 11.2. The van der Waals surface area contributed by atoms with Crippen LogP contribution in [0.5, 0.6) is 5.75 Å². The second kappa shape index (κ2) is 11.9. The van der Waals surface area contributed by atoms with E-state index in [1.54, 1.807) is 21.3 Å². The number of nitrogens with one attached hydrogen (secondary N) is 3. The molecule has 3 N–H and O–H groups in total. The average Bonchev–Trinajstić information content (AvgIpc) is 2.50. The maximum atomic E-state index is 11.2. The SMILES string of the molecule is CN=C(NCCOC)NCc1ccc(OC)c(NC(C)=O)c1.I. The molecule has 0 unspecified atom stereocenters. The summed E-state index contributed by atoms with van der Waals surface area (Å²) in [6.07, 6.45) is 0. The van der Waals surface area contributed by atoms with Crippen molar-refractivity contribution in [3.8, 4) is 5.75 Å². The molecule has 0 fully saturated rings. The number of rotatable bonds is 7. The molecular weight excluding hydrogens is 411 g/mol. The van der Waals surface area contributed by atoms with Crippen molar-refractivity contribution in [2.24, 2.45) is 4.99 Å². The number of guanidine groups is 1. The van der Waals surface area contributed by atoms with Gasteiger partial charge in [0.05, 0.1) is 19.4 Å². The first-order valence-corrected chi connectivity index (χ1v) is 6.98. The smallest absolute Gasteiger partial charge is 0.221 e. The predicted molar refractivity (Wildman–Crippen MR) is 103 cm³/mol. The van der Waals surface area contributed by atoms with Crippen LogP contribution in [0, 0.1) is 0 Å². The highest BCUT2D eigenvalue weighted by molar-refractivity contribution is 14.0. The van der Waals surface area contributed by atoms with Crippen LogP contribution >= 0.6 is 24.0 Å². The van der Waals surface area contributed by atoms with Crippen LogP contribution in [-0.4, -0.2) is 46.3 Å². The van der Waals surface area contributed by atoms with Crippen molar-refractivity contribution in [1.29, 1.82) is 0 Å². The third kappa shape index (κ3) is 8.03. The van der Waals surface area contributed by atoms with Gasteiger partial charge in [-0.25, -0.2) is 0 Å². The first kappa shape index (κ1) is 21.4. The van der Waals surface area contributed by atoms with Crippen molar-refractivity contribution in [2.45, 2.75) is 13.5 Å². The van der Waals surface area contributed by atoms with Gasteiger partial charge in [-0.2, -0.15) is 0 Å². The molecule has 0 aliphatic carbocycles. The number of hydrogen-bond donors (Lipinski definition) is 3. The van der Waals surface area contributed by atoms with E-state index in [0.29, 0.717) is 37.1 Å². The molecule has 0 saturated carbocycles. The van der Waals surface area contributed by atoms with Crippen LogP contribution in [0.4, 0.5) is 5.69 Å². The van der Waals surface area contributed by atoms with Crippen molar-refractivity contribution < 1.29 is 14.3 Å². The summed E-state index contributed by atoms with van der Waals surface area (Å²) in [6, 6.07) is 5.62. The molecule has 7 nitrogen and oxygen atoms in total. The van der Waals surface area contributed by atoms with Crippen LogP contribution in [0.2, 0.25) is 0 Å². The van der Waals surface area contributed by atoms with Gasteiger partial charge in [-0.05, 0) is 17.7 Å². The van der Waals surface area contributed by atoms with Gasteiger partial charge in [0.25, 0.3) is 0 Å². The third-order valence-corrected chi connectivity index (χ3v) is 2.86. The molecule has 0 spiro atoms. The first-order valence-electron chi connectivity index (χ1n) is 6.98. The third-order valence-electron chi connectivity index (χ3n) is 2.86.